The van der Waals surface area contributed by atoms with Crippen LogP contribution in [0.25, 0.3) is 0 Å². The van der Waals surface area contributed by atoms with E-state index in [1.165, 1.54) is 43.2 Å². The van der Waals surface area contributed by atoms with E-state index in [1.807, 2.05) is 0 Å². The first-order chi connectivity index (χ1) is 14.9. The number of phosphoric ester groups is 2. The van der Waals surface area contributed by atoms with E-state index in [1.54, 1.807) is 0 Å². The number of hydrogen-bond acceptors (Lipinski definition) is 5. The molecule has 0 saturated carbocycles. The molecule has 32 heavy (non-hydrogen) atoms. The van der Waals surface area contributed by atoms with Crippen molar-refractivity contribution in [2.24, 2.45) is 11.7 Å². The van der Waals surface area contributed by atoms with Crippen LogP contribution in [-0.2, 0) is 37.4 Å². The Balaban J connectivity index is 2.02. The Morgan fingerprint density at radius 1 is 0.969 bits per heavy atom. The molecule has 1 aliphatic carbocycles. The van der Waals surface area contributed by atoms with Gasteiger partial charge >= 0.3 is 15.6 Å². The molecule has 1 atom stereocenters. The van der Waals surface area contributed by atoms with Crippen molar-refractivity contribution in [3.63, 3.8) is 0 Å². The average Bonchev–Trinajstić information content (AvgIpc) is 2.72. The Hall–Kier alpha value is -0.600. The van der Waals surface area contributed by atoms with E-state index in [0.29, 0.717) is 12.8 Å². The van der Waals surface area contributed by atoms with Gasteiger partial charge in [0.15, 0.2) is 0 Å². The molecule has 184 valence electrons. The SMILES string of the molecule is CCCCCCCCc1ccc2c(c1)CC[C@H](C(N)(COP(=O)(O)O)COP(=O)(O)O)C2. The number of hydrogen-bond donors (Lipinski definition) is 5. The second-order valence-corrected chi connectivity index (χ2v) is 11.3. The van der Waals surface area contributed by atoms with Crippen molar-refractivity contribution in [1.29, 1.82) is 0 Å². The zero-order valence-electron chi connectivity index (χ0n) is 18.7. The molecule has 6 N–H and O–H groups in total. The van der Waals surface area contributed by atoms with Gasteiger partial charge in [-0.05, 0) is 54.7 Å². The summed E-state index contributed by atoms with van der Waals surface area (Å²) < 4.78 is 31.6. The van der Waals surface area contributed by atoms with Gasteiger partial charge in [-0.15, -0.1) is 0 Å². The average molecular weight is 493 g/mol. The Morgan fingerprint density at radius 3 is 2.16 bits per heavy atom. The fourth-order valence-corrected chi connectivity index (χ4v) is 5.07. The highest BCUT2D eigenvalue weighted by molar-refractivity contribution is 7.46. The van der Waals surface area contributed by atoms with Crippen LogP contribution in [-0.4, -0.2) is 38.3 Å². The maximum Gasteiger partial charge on any atom is 0.469 e. The Morgan fingerprint density at radius 2 is 1.56 bits per heavy atom. The highest BCUT2D eigenvalue weighted by Gasteiger charge is 2.41. The summed E-state index contributed by atoms with van der Waals surface area (Å²) in [6.07, 6.45) is 10.4. The predicted molar refractivity (Wildman–Crippen MR) is 122 cm³/mol. The molecule has 0 saturated heterocycles. The number of nitrogens with two attached hydrogens (primary N) is 1. The van der Waals surface area contributed by atoms with Crippen LogP contribution in [0, 0.1) is 5.92 Å². The smallest absolute Gasteiger partial charge is 0.321 e. The standard InChI is InChI=1S/C21H37NO8P2/c1-2-3-4-5-6-7-8-17-9-10-19-14-20(12-11-18(19)13-17)21(22,15-29-31(23,24)25)16-30-32(26,27)28/h9-10,13,20H,2-8,11-12,14-16,22H2,1H3,(H2,23,24,25)(H2,26,27,28)/t20-/m0/s1. The van der Waals surface area contributed by atoms with Crippen molar-refractivity contribution in [3.05, 3.63) is 34.9 Å². The fourth-order valence-electron chi connectivity index (χ4n) is 4.25. The molecule has 9 nitrogen and oxygen atoms in total. The van der Waals surface area contributed by atoms with Crippen LogP contribution >= 0.6 is 15.6 Å². The lowest BCUT2D eigenvalue weighted by atomic mass is 9.73. The van der Waals surface area contributed by atoms with Crippen molar-refractivity contribution < 1.29 is 37.8 Å². The van der Waals surface area contributed by atoms with E-state index in [2.05, 4.69) is 34.2 Å². The number of phosphoric acid groups is 2. The monoisotopic (exact) mass is 493 g/mol. The van der Waals surface area contributed by atoms with E-state index in [-0.39, 0.29) is 5.92 Å². The maximum absolute atomic E-state index is 11.2. The van der Waals surface area contributed by atoms with Gasteiger partial charge < -0.3 is 25.3 Å². The molecule has 0 aliphatic heterocycles. The Kier molecular flexibility index (Phi) is 10.5. The number of rotatable bonds is 14. The molecule has 0 heterocycles. The predicted octanol–water partition coefficient (Wildman–Crippen LogP) is 3.61. The van der Waals surface area contributed by atoms with Gasteiger partial charge in [0.2, 0.25) is 0 Å². The highest BCUT2D eigenvalue weighted by atomic mass is 31.2. The van der Waals surface area contributed by atoms with Crippen LogP contribution in [0.15, 0.2) is 18.2 Å². The second-order valence-electron chi connectivity index (χ2n) is 8.82. The first-order valence-corrected chi connectivity index (χ1v) is 14.3. The van der Waals surface area contributed by atoms with Gasteiger partial charge in [0.1, 0.15) is 0 Å². The molecule has 0 fully saturated rings. The van der Waals surface area contributed by atoms with E-state index >= 15 is 0 Å². The van der Waals surface area contributed by atoms with Crippen LogP contribution in [0.3, 0.4) is 0 Å². The van der Waals surface area contributed by atoms with E-state index in [9.17, 15) is 9.13 Å². The molecule has 11 heteroatoms. The van der Waals surface area contributed by atoms with Crippen LogP contribution in [0.4, 0.5) is 0 Å². The van der Waals surface area contributed by atoms with Crippen molar-refractivity contribution in [1.82, 2.24) is 0 Å². The number of fused-ring (bicyclic) bond motifs is 1. The minimum atomic E-state index is -4.80. The third-order valence-electron chi connectivity index (χ3n) is 6.13. The summed E-state index contributed by atoms with van der Waals surface area (Å²) in [5.41, 5.74) is 8.49. The Bertz CT molecular complexity index is 796. The lowest BCUT2D eigenvalue weighted by molar-refractivity contribution is 0.0593. The number of benzene rings is 1. The summed E-state index contributed by atoms with van der Waals surface area (Å²) >= 11 is 0. The molecule has 1 aromatic carbocycles. The van der Waals surface area contributed by atoms with Gasteiger partial charge in [0, 0.05) is 0 Å². The van der Waals surface area contributed by atoms with Gasteiger partial charge in [-0.1, -0.05) is 57.2 Å². The van der Waals surface area contributed by atoms with Gasteiger partial charge in [-0.25, -0.2) is 9.13 Å². The summed E-state index contributed by atoms with van der Waals surface area (Å²) in [7, 11) is -9.60. The normalized spacial score (nSPS) is 17.4. The molecule has 1 aromatic rings. The molecule has 0 unspecified atom stereocenters. The second kappa shape index (κ2) is 12.2. The molecule has 0 aromatic heterocycles. The van der Waals surface area contributed by atoms with Crippen LogP contribution in [0.2, 0.25) is 0 Å². The summed E-state index contributed by atoms with van der Waals surface area (Å²) in [6, 6.07) is 6.37. The molecule has 1 aliphatic rings. The summed E-state index contributed by atoms with van der Waals surface area (Å²) in [5, 5.41) is 0. The number of unbranched alkanes of at least 4 members (excludes halogenated alkanes) is 5. The minimum Gasteiger partial charge on any atom is -0.321 e. The van der Waals surface area contributed by atoms with Crippen LogP contribution < -0.4 is 5.73 Å². The van der Waals surface area contributed by atoms with E-state index in [0.717, 1.165) is 24.8 Å². The lowest BCUT2D eigenvalue weighted by Gasteiger charge is -2.39. The van der Waals surface area contributed by atoms with E-state index in [4.69, 9.17) is 25.3 Å². The molecule has 0 bridgehead atoms. The molecule has 2 rings (SSSR count). The third-order valence-corrected chi connectivity index (χ3v) is 7.06. The van der Waals surface area contributed by atoms with E-state index < -0.39 is 34.4 Å². The molecular weight excluding hydrogens is 456 g/mol. The van der Waals surface area contributed by atoms with Crippen LogP contribution in [0.1, 0.15) is 68.6 Å². The van der Waals surface area contributed by atoms with Gasteiger partial charge in [0.05, 0.1) is 18.8 Å². The Labute approximate surface area is 190 Å². The lowest BCUT2D eigenvalue weighted by Crippen LogP contribution is -2.56. The first kappa shape index (κ1) is 27.6. The highest BCUT2D eigenvalue weighted by Crippen LogP contribution is 2.42. The topological polar surface area (TPSA) is 160 Å². The molecule has 0 amide bonds. The van der Waals surface area contributed by atoms with Crippen molar-refractivity contribution in [2.45, 2.75) is 76.7 Å². The zero-order valence-corrected chi connectivity index (χ0v) is 20.5. The summed E-state index contributed by atoms with van der Waals surface area (Å²) in [6.45, 7) is 1.06. The quantitative estimate of drug-likeness (QED) is 0.193. The zero-order chi connectivity index (χ0) is 23.8. The van der Waals surface area contributed by atoms with Crippen molar-refractivity contribution in [3.8, 4) is 0 Å². The minimum absolute atomic E-state index is 0.322. The van der Waals surface area contributed by atoms with Gasteiger partial charge in [0.25, 0.3) is 0 Å². The van der Waals surface area contributed by atoms with Crippen molar-refractivity contribution >= 4 is 15.6 Å². The molecular formula is C21H37NO8P2. The van der Waals surface area contributed by atoms with Crippen molar-refractivity contribution in [2.75, 3.05) is 13.2 Å². The summed E-state index contributed by atoms with van der Waals surface area (Å²) in [5.74, 6) is -0.322. The maximum atomic E-state index is 11.2. The van der Waals surface area contributed by atoms with Gasteiger partial charge in [-0.3, -0.25) is 9.05 Å². The number of aryl methyl sites for hydroxylation is 2. The summed E-state index contributed by atoms with van der Waals surface area (Å²) in [4.78, 5) is 36.3. The van der Waals surface area contributed by atoms with Gasteiger partial charge in [-0.2, -0.15) is 0 Å². The first-order valence-electron chi connectivity index (χ1n) is 11.2. The largest absolute Gasteiger partial charge is 0.469 e. The molecule has 0 spiro atoms. The molecule has 0 radical (unpaired) electrons. The van der Waals surface area contributed by atoms with Crippen LogP contribution in [0.5, 0.6) is 0 Å². The fraction of sp³-hybridized carbons (Fsp3) is 0.714. The third kappa shape index (κ3) is 9.72.